The number of methoxy groups -OCH3 is 1. The second-order valence-electron chi connectivity index (χ2n) is 15.2. The van der Waals surface area contributed by atoms with E-state index in [2.05, 4.69) is 101 Å². The Morgan fingerprint density at radius 3 is 2.00 bits per heavy atom. The summed E-state index contributed by atoms with van der Waals surface area (Å²) in [6.07, 6.45) is 1.58. The SMILES string of the molecule is COc1ccc(C(OC[C@H]2O[C@@H](n3cnc4c(NC(=O)c5ccccc5)ncnc43)[C@H](O[Si](C)(C)C(C)(C)C)[C@H]2Br)(c2ccccc2)c2ccccc2)cc1. The van der Waals surface area contributed by atoms with Crippen LogP contribution in [0.15, 0.2) is 128 Å². The lowest BCUT2D eigenvalue weighted by Crippen LogP contribution is -2.47. The molecule has 1 amide bonds. The molecule has 0 radical (unpaired) electrons. The van der Waals surface area contributed by atoms with E-state index in [0.717, 1.165) is 22.4 Å². The zero-order valence-electron chi connectivity index (χ0n) is 31.8. The van der Waals surface area contributed by atoms with Crippen molar-refractivity contribution in [1.29, 1.82) is 0 Å². The summed E-state index contributed by atoms with van der Waals surface area (Å²) in [7, 11) is -0.683. The molecule has 6 aromatic rings. The number of fused-ring (bicyclic) bond motifs is 1. The van der Waals surface area contributed by atoms with Gasteiger partial charge in [0.05, 0.1) is 31.0 Å². The molecule has 4 atom stereocenters. The number of halogens is 1. The summed E-state index contributed by atoms with van der Waals surface area (Å²) in [5.41, 5.74) is 3.38. The number of nitrogens with zero attached hydrogens (tertiary/aromatic N) is 4. The van der Waals surface area contributed by atoms with E-state index in [1.165, 1.54) is 6.33 Å². The van der Waals surface area contributed by atoms with Crippen molar-refractivity contribution in [2.24, 2.45) is 0 Å². The molecular weight excluding hydrogens is 774 g/mol. The van der Waals surface area contributed by atoms with Gasteiger partial charge in [-0.1, -0.05) is 128 Å². The zero-order chi connectivity index (χ0) is 38.8. The van der Waals surface area contributed by atoms with Crippen LogP contribution < -0.4 is 10.1 Å². The van der Waals surface area contributed by atoms with Gasteiger partial charge in [0.2, 0.25) is 0 Å². The van der Waals surface area contributed by atoms with Gasteiger partial charge in [-0.05, 0) is 59.1 Å². The van der Waals surface area contributed by atoms with Gasteiger partial charge in [0.1, 0.15) is 23.8 Å². The minimum Gasteiger partial charge on any atom is -0.497 e. The van der Waals surface area contributed by atoms with Crippen molar-refractivity contribution >= 4 is 47.1 Å². The Bertz CT molecular complexity index is 2180. The van der Waals surface area contributed by atoms with Crippen molar-refractivity contribution in [3.05, 3.63) is 150 Å². The maximum Gasteiger partial charge on any atom is 0.256 e. The van der Waals surface area contributed by atoms with Crippen molar-refractivity contribution in [2.45, 2.75) is 67.8 Å². The molecule has 7 rings (SSSR count). The highest BCUT2D eigenvalue weighted by atomic mass is 79.9. The predicted molar refractivity (Wildman–Crippen MR) is 220 cm³/mol. The predicted octanol–water partition coefficient (Wildman–Crippen LogP) is 9.15. The number of amides is 1. The van der Waals surface area contributed by atoms with E-state index in [4.69, 9.17) is 23.6 Å². The summed E-state index contributed by atoms with van der Waals surface area (Å²) in [5.74, 6) is 0.773. The summed E-state index contributed by atoms with van der Waals surface area (Å²) in [6, 6.07) is 37.5. The standard InChI is InChI=1S/C43H46BrN5O5Si/c1-42(2,3)55(5,6)54-37-35(44)34(53-41(37)49-28-47-36-38(45-27-46-39(36)49)48-40(50)29-16-10-7-11-17-29)26-52-43(30-18-12-8-13-19-30,31-20-14-9-15-21-31)32-22-24-33(51-4)25-23-32/h7-25,27-28,34-35,37,41H,26H2,1-6H3,(H,45,46,48,50)/t34-,35+,37-,41-/m1/s1. The fraction of sp³-hybridized carbons (Fsp3) is 0.302. The molecule has 10 nitrogen and oxygen atoms in total. The van der Waals surface area contributed by atoms with Crippen LogP contribution in [0.5, 0.6) is 5.75 Å². The van der Waals surface area contributed by atoms with Gasteiger partial charge < -0.3 is 24.0 Å². The van der Waals surface area contributed by atoms with Crippen molar-refractivity contribution in [3.8, 4) is 5.75 Å². The number of rotatable bonds is 12. The maximum atomic E-state index is 13.1. The van der Waals surface area contributed by atoms with Crippen molar-refractivity contribution < 1.29 is 23.4 Å². The Morgan fingerprint density at radius 1 is 0.836 bits per heavy atom. The molecule has 0 unspecified atom stereocenters. The van der Waals surface area contributed by atoms with E-state index >= 15 is 0 Å². The third kappa shape index (κ3) is 7.61. The lowest BCUT2D eigenvalue weighted by Gasteiger charge is -2.40. The fourth-order valence-corrected chi connectivity index (χ4v) is 8.87. The number of aromatic nitrogens is 4. The molecule has 3 heterocycles. The zero-order valence-corrected chi connectivity index (χ0v) is 34.4. The third-order valence-electron chi connectivity index (χ3n) is 10.7. The van der Waals surface area contributed by atoms with Crippen LogP contribution in [-0.4, -0.2) is 64.5 Å². The largest absolute Gasteiger partial charge is 0.497 e. The first kappa shape index (κ1) is 38.5. The molecule has 0 saturated carbocycles. The quantitative estimate of drug-likeness (QED) is 0.0740. The van der Waals surface area contributed by atoms with E-state index in [1.54, 1.807) is 25.6 Å². The Balaban J connectivity index is 1.27. The lowest BCUT2D eigenvalue weighted by molar-refractivity contribution is -0.0836. The average Bonchev–Trinajstić information content (AvgIpc) is 3.76. The van der Waals surface area contributed by atoms with E-state index in [1.807, 2.05) is 71.3 Å². The highest BCUT2D eigenvalue weighted by molar-refractivity contribution is 9.09. The number of carbonyl (C=O) groups is 1. The number of benzene rings is 4. The number of nitrogens with one attached hydrogen (secondary N) is 1. The molecular formula is C43H46BrN5O5Si. The maximum absolute atomic E-state index is 13.1. The first-order valence-corrected chi connectivity index (χ1v) is 22.2. The molecule has 12 heteroatoms. The smallest absolute Gasteiger partial charge is 0.256 e. The van der Waals surface area contributed by atoms with Crippen LogP contribution in [0, 0.1) is 0 Å². The third-order valence-corrected chi connectivity index (χ3v) is 16.3. The van der Waals surface area contributed by atoms with Gasteiger partial charge in [0.15, 0.2) is 31.5 Å². The molecule has 0 spiro atoms. The summed E-state index contributed by atoms with van der Waals surface area (Å²) >= 11 is 4.06. The van der Waals surface area contributed by atoms with Crippen molar-refractivity contribution in [2.75, 3.05) is 19.0 Å². The van der Waals surface area contributed by atoms with Gasteiger partial charge >= 0.3 is 0 Å². The summed E-state index contributed by atoms with van der Waals surface area (Å²) in [6.45, 7) is 11.3. The molecule has 1 fully saturated rings. The van der Waals surface area contributed by atoms with Gasteiger partial charge in [-0.3, -0.25) is 9.36 Å². The molecule has 1 aliphatic heterocycles. The van der Waals surface area contributed by atoms with Gasteiger partial charge in [-0.25, -0.2) is 15.0 Å². The van der Waals surface area contributed by atoms with Crippen molar-refractivity contribution in [1.82, 2.24) is 19.5 Å². The molecule has 2 aromatic heterocycles. The van der Waals surface area contributed by atoms with Crippen LogP contribution in [-0.2, 0) is 19.5 Å². The number of anilines is 1. The van der Waals surface area contributed by atoms with Crippen LogP contribution in [0.4, 0.5) is 5.82 Å². The molecule has 1 aliphatic rings. The molecule has 1 saturated heterocycles. The van der Waals surface area contributed by atoms with Crippen LogP contribution >= 0.6 is 15.9 Å². The normalized spacial score (nSPS) is 19.0. The number of carbonyl (C=O) groups excluding carboxylic acids is 1. The Morgan fingerprint density at radius 2 is 1.42 bits per heavy atom. The highest BCUT2D eigenvalue weighted by Gasteiger charge is 2.51. The molecule has 55 heavy (non-hydrogen) atoms. The fourth-order valence-electron chi connectivity index (χ4n) is 6.72. The van der Waals surface area contributed by atoms with Gasteiger partial charge in [0, 0.05) is 5.56 Å². The second kappa shape index (κ2) is 15.8. The van der Waals surface area contributed by atoms with Crippen LogP contribution in [0.2, 0.25) is 18.1 Å². The summed E-state index contributed by atoms with van der Waals surface area (Å²) in [4.78, 5) is 26.6. The molecule has 0 bridgehead atoms. The van der Waals surface area contributed by atoms with Crippen molar-refractivity contribution in [3.63, 3.8) is 0 Å². The van der Waals surface area contributed by atoms with Gasteiger partial charge in [0.25, 0.3) is 5.91 Å². The van der Waals surface area contributed by atoms with E-state index in [0.29, 0.717) is 22.5 Å². The topological polar surface area (TPSA) is 110 Å². The van der Waals surface area contributed by atoms with Crippen LogP contribution in [0.25, 0.3) is 11.2 Å². The molecule has 1 N–H and O–H groups in total. The Hall–Kier alpha value is -4.72. The molecule has 0 aliphatic carbocycles. The summed E-state index contributed by atoms with van der Waals surface area (Å²) in [5, 5.41) is 2.84. The van der Waals surface area contributed by atoms with E-state index in [9.17, 15) is 4.79 Å². The average molecular weight is 821 g/mol. The number of alkyl halides is 1. The number of ether oxygens (including phenoxy) is 3. The van der Waals surface area contributed by atoms with Crippen LogP contribution in [0.1, 0.15) is 54.0 Å². The summed E-state index contributed by atoms with van der Waals surface area (Å²) < 4.78 is 28.9. The second-order valence-corrected chi connectivity index (χ2v) is 21.0. The first-order chi connectivity index (χ1) is 26.4. The Labute approximate surface area is 331 Å². The van der Waals surface area contributed by atoms with E-state index < -0.39 is 32.4 Å². The lowest BCUT2D eigenvalue weighted by atomic mass is 9.80. The monoisotopic (exact) mass is 819 g/mol. The number of hydrogen-bond acceptors (Lipinski definition) is 8. The number of hydrogen-bond donors (Lipinski definition) is 1. The highest BCUT2D eigenvalue weighted by Crippen LogP contribution is 2.46. The van der Waals surface area contributed by atoms with E-state index in [-0.39, 0.29) is 22.4 Å². The van der Waals surface area contributed by atoms with Crippen LogP contribution in [0.3, 0.4) is 0 Å². The molecule has 4 aromatic carbocycles. The Kier molecular flexibility index (Phi) is 11.1. The minimum absolute atomic E-state index is 0.0724. The van der Waals surface area contributed by atoms with Gasteiger partial charge in [-0.15, -0.1) is 0 Å². The van der Waals surface area contributed by atoms with Gasteiger partial charge in [-0.2, -0.15) is 0 Å². The first-order valence-electron chi connectivity index (χ1n) is 18.3. The number of imidazole rings is 1. The molecule has 284 valence electrons. The minimum atomic E-state index is -2.35.